The summed E-state index contributed by atoms with van der Waals surface area (Å²) in [4.78, 5) is 38.2. The average Bonchev–Trinajstić information content (AvgIpc) is 2.83. The maximum atomic E-state index is 13.1. The number of allylic oxidation sites excluding steroid dienone is 2. The Labute approximate surface area is 135 Å². The van der Waals surface area contributed by atoms with E-state index in [1.807, 2.05) is 20.8 Å². The topological polar surface area (TPSA) is 80.7 Å². The highest BCUT2D eigenvalue weighted by molar-refractivity contribution is 6.03. The third-order valence-corrected chi connectivity index (χ3v) is 7.32. The fraction of sp³-hybridized carbons (Fsp3) is 0.722. The Kier molecular flexibility index (Phi) is 2.70. The number of hydrogen-bond acceptors (Lipinski definition) is 5. The summed E-state index contributed by atoms with van der Waals surface area (Å²) >= 11 is 0. The number of hydrogen-bond donors (Lipinski definition) is 1. The van der Waals surface area contributed by atoms with E-state index in [1.54, 1.807) is 13.0 Å². The van der Waals surface area contributed by atoms with Crippen LogP contribution in [0.1, 0.15) is 34.1 Å². The van der Waals surface area contributed by atoms with E-state index in [0.717, 1.165) is 5.57 Å². The molecule has 1 heterocycles. The van der Waals surface area contributed by atoms with Gasteiger partial charge in [0.05, 0.1) is 12.0 Å². The fourth-order valence-corrected chi connectivity index (χ4v) is 6.21. The van der Waals surface area contributed by atoms with E-state index >= 15 is 0 Å². The molecule has 5 heteroatoms. The van der Waals surface area contributed by atoms with E-state index in [-0.39, 0.29) is 29.8 Å². The van der Waals surface area contributed by atoms with Crippen molar-refractivity contribution >= 4 is 17.5 Å². The Bertz CT molecular complexity index is 679. The number of carbonyl (C=O) groups excluding carboxylic acids is 3. The zero-order chi connectivity index (χ0) is 16.9. The Morgan fingerprint density at radius 3 is 2.52 bits per heavy atom. The number of aliphatic hydroxyl groups is 1. The van der Waals surface area contributed by atoms with Crippen LogP contribution >= 0.6 is 0 Å². The van der Waals surface area contributed by atoms with Crippen LogP contribution in [-0.2, 0) is 19.1 Å². The molecular formula is C18H22O5. The van der Waals surface area contributed by atoms with Crippen molar-refractivity contribution in [1.29, 1.82) is 0 Å². The molecule has 3 fully saturated rings. The maximum absolute atomic E-state index is 13.1. The molecule has 1 aliphatic heterocycles. The van der Waals surface area contributed by atoms with Crippen LogP contribution in [0.2, 0.25) is 0 Å². The van der Waals surface area contributed by atoms with Crippen LogP contribution in [0.5, 0.6) is 0 Å². The van der Waals surface area contributed by atoms with Gasteiger partial charge >= 0.3 is 5.97 Å². The fourth-order valence-electron chi connectivity index (χ4n) is 6.21. The monoisotopic (exact) mass is 318 g/mol. The maximum Gasteiger partial charge on any atom is 0.310 e. The molecule has 0 radical (unpaired) electrons. The summed E-state index contributed by atoms with van der Waals surface area (Å²) < 4.78 is 5.40. The van der Waals surface area contributed by atoms with Gasteiger partial charge in [-0.15, -0.1) is 0 Å². The minimum Gasteiger partial charge on any atom is -0.459 e. The quantitative estimate of drug-likeness (QED) is 0.681. The van der Waals surface area contributed by atoms with Gasteiger partial charge in [-0.25, -0.2) is 0 Å². The molecule has 0 aromatic carbocycles. The molecule has 4 aliphatic rings. The molecule has 3 aliphatic carbocycles. The highest BCUT2D eigenvalue weighted by atomic mass is 16.6. The first-order valence-electron chi connectivity index (χ1n) is 8.29. The third kappa shape index (κ3) is 1.41. The first kappa shape index (κ1) is 15.1. The van der Waals surface area contributed by atoms with Crippen molar-refractivity contribution in [2.24, 2.45) is 34.5 Å². The zero-order valence-electron chi connectivity index (χ0n) is 13.8. The number of ketones is 2. The van der Waals surface area contributed by atoms with Crippen molar-refractivity contribution in [3.63, 3.8) is 0 Å². The first-order valence-corrected chi connectivity index (χ1v) is 8.29. The van der Waals surface area contributed by atoms with Gasteiger partial charge < -0.3 is 9.84 Å². The summed E-state index contributed by atoms with van der Waals surface area (Å²) in [5.41, 5.74) is -0.975. The van der Waals surface area contributed by atoms with Gasteiger partial charge in [0.25, 0.3) is 0 Å². The minimum atomic E-state index is -1.04. The molecule has 2 bridgehead atoms. The number of Topliss-reactive ketones (excluding diaryl/α,β-unsaturated/α-hetero) is 1. The largest absolute Gasteiger partial charge is 0.459 e. The van der Waals surface area contributed by atoms with Gasteiger partial charge in [0.15, 0.2) is 5.78 Å². The van der Waals surface area contributed by atoms with Crippen molar-refractivity contribution in [2.75, 3.05) is 0 Å². The average molecular weight is 318 g/mol. The molecule has 5 nitrogen and oxygen atoms in total. The van der Waals surface area contributed by atoms with E-state index in [9.17, 15) is 19.5 Å². The number of fused-ring (bicyclic) bond motifs is 6. The summed E-state index contributed by atoms with van der Waals surface area (Å²) in [6, 6.07) is 0. The molecule has 23 heavy (non-hydrogen) atoms. The van der Waals surface area contributed by atoms with Crippen LogP contribution < -0.4 is 0 Å². The second-order valence-electron chi connectivity index (χ2n) is 8.20. The predicted octanol–water partition coefficient (Wildman–Crippen LogP) is 1.29. The van der Waals surface area contributed by atoms with Crippen molar-refractivity contribution < 1.29 is 24.2 Å². The van der Waals surface area contributed by atoms with Crippen LogP contribution in [0.25, 0.3) is 0 Å². The van der Waals surface area contributed by atoms with Gasteiger partial charge in [0, 0.05) is 29.1 Å². The highest BCUT2D eigenvalue weighted by Gasteiger charge is 2.74. The lowest BCUT2D eigenvalue weighted by atomic mass is 9.42. The van der Waals surface area contributed by atoms with Crippen molar-refractivity contribution in [3.8, 4) is 0 Å². The second kappa shape index (κ2) is 4.12. The van der Waals surface area contributed by atoms with Crippen LogP contribution in [-0.4, -0.2) is 34.9 Å². The summed E-state index contributed by atoms with van der Waals surface area (Å²) in [5, 5.41) is 11.0. The summed E-state index contributed by atoms with van der Waals surface area (Å²) in [6.07, 6.45) is 0.255. The van der Waals surface area contributed by atoms with Crippen LogP contribution in [0, 0.1) is 34.5 Å². The minimum absolute atomic E-state index is 0.0272. The molecule has 0 aromatic heterocycles. The van der Waals surface area contributed by atoms with Crippen LogP contribution in [0.15, 0.2) is 11.6 Å². The Morgan fingerprint density at radius 1 is 1.22 bits per heavy atom. The molecule has 1 N–H and O–H groups in total. The molecule has 1 saturated heterocycles. The normalized spacial score (nSPS) is 54.5. The summed E-state index contributed by atoms with van der Waals surface area (Å²) in [6.45, 7) is 7.34. The van der Waals surface area contributed by atoms with Gasteiger partial charge in [-0.3, -0.25) is 14.4 Å². The second-order valence-corrected chi connectivity index (χ2v) is 8.20. The lowest BCUT2D eigenvalue weighted by Gasteiger charge is -2.58. The Morgan fingerprint density at radius 2 is 1.87 bits per heavy atom. The van der Waals surface area contributed by atoms with E-state index < -0.39 is 40.8 Å². The Hall–Kier alpha value is -1.49. The third-order valence-electron chi connectivity index (χ3n) is 7.32. The molecule has 124 valence electrons. The standard InChI is InChI=1S/C18H22O5/c1-7-5-10(19)17(3)9(7)6-11(20)18(4)12-8(2)14(23-16(12)22)13(21)15(17)18/h5,8-9,12-15,21H,6H2,1-4H3/t8-,9-,12+,13-,14+,15+,17+,18-/m0/s1. The van der Waals surface area contributed by atoms with Gasteiger partial charge in [-0.05, 0) is 18.9 Å². The number of esters is 1. The molecule has 0 aromatic rings. The van der Waals surface area contributed by atoms with E-state index in [1.165, 1.54) is 0 Å². The molecule has 0 spiro atoms. The smallest absolute Gasteiger partial charge is 0.310 e. The predicted molar refractivity (Wildman–Crippen MR) is 80.1 cm³/mol. The van der Waals surface area contributed by atoms with Crippen LogP contribution in [0.4, 0.5) is 0 Å². The van der Waals surface area contributed by atoms with Gasteiger partial charge in [-0.1, -0.05) is 26.3 Å². The number of ether oxygens (including phenoxy) is 1. The SMILES string of the molecule is CC1=CC(=O)[C@]2(C)[C@H]3[C@@H](O)[C@@H]4OC(=O)[C@@H]([C@@H]4C)[C@]3(C)C(=O)C[C@@H]12. The first-order chi connectivity index (χ1) is 10.6. The summed E-state index contributed by atoms with van der Waals surface area (Å²) in [7, 11) is 0. The number of carbonyl (C=O) groups is 3. The molecule has 8 atom stereocenters. The van der Waals surface area contributed by atoms with Gasteiger partial charge in [0.2, 0.25) is 0 Å². The van der Waals surface area contributed by atoms with E-state index in [4.69, 9.17) is 4.74 Å². The molecule has 2 saturated carbocycles. The van der Waals surface area contributed by atoms with Crippen molar-refractivity contribution in [3.05, 3.63) is 11.6 Å². The lowest BCUT2D eigenvalue weighted by molar-refractivity contribution is -0.186. The molecule has 0 amide bonds. The van der Waals surface area contributed by atoms with Gasteiger partial charge in [0.1, 0.15) is 11.9 Å². The van der Waals surface area contributed by atoms with Crippen LogP contribution in [0.3, 0.4) is 0 Å². The Balaban J connectivity index is 1.94. The molecule has 0 unspecified atom stereocenters. The molecular weight excluding hydrogens is 296 g/mol. The lowest BCUT2D eigenvalue weighted by Crippen LogP contribution is -2.67. The van der Waals surface area contributed by atoms with Gasteiger partial charge in [-0.2, -0.15) is 0 Å². The van der Waals surface area contributed by atoms with Crippen molar-refractivity contribution in [1.82, 2.24) is 0 Å². The van der Waals surface area contributed by atoms with E-state index in [2.05, 4.69) is 0 Å². The van der Waals surface area contributed by atoms with Crippen molar-refractivity contribution in [2.45, 2.75) is 46.3 Å². The number of rotatable bonds is 0. The zero-order valence-corrected chi connectivity index (χ0v) is 13.8. The summed E-state index contributed by atoms with van der Waals surface area (Å²) in [5.74, 6) is -2.02. The number of aliphatic hydroxyl groups excluding tert-OH is 1. The highest BCUT2D eigenvalue weighted by Crippen LogP contribution is 2.66. The molecule has 4 rings (SSSR count). The van der Waals surface area contributed by atoms with E-state index in [0.29, 0.717) is 0 Å².